The average molecular weight is 390 g/mol. The molecule has 1 aromatic carbocycles. The van der Waals surface area contributed by atoms with Crippen LogP contribution >= 0.6 is 11.3 Å². The van der Waals surface area contributed by atoms with Gasteiger partial charge in [-0.3, -0.25) is 4.79 Å². The van der Waals surface area contributed by atoms with Crippen molar-refractivity contribution in [2.75, 3.05) is 11.1 Å². The van der Waals surface area contributed by atoms with Gasteiger partial charge in [0.25, 0.3) is 5.91 Å². The lowest BCUT2D eigenvalue weighted by atomic mass is 10.1. The minimum Gasteiger partial charge on any atom is -0.397 e. The number of carbonyl (C=O) groups excluding carboxylic acids is 1. The molecule has 0 fully saturated rings. The van der Waals surface area contributed by atoms with Crippen molar-refractivity contribution >= 4 is 48.9 Å². The Balaban J connectivity index is 1.96. The zero-order valence-electron chi connectivity index (χ0n) is 14.5. The number of aromatic nitrogens is 1. The maximum Gasteiger partial charge on any atom is 0.267 e. The number of amides is 1. The van der Waals surface area contributed by atoms with Crippen LogP contribution in [-0.4, -0.2) is 19.3 Å². The van der Waals surface area contributed by atoms with Crippen molar-refractivity contribution in [3.05, 3.63) is 46.0 Å². The third-order valence-electron chi connectivity index (χ3n) is 4.32. The molecule has 3 aromatic rings. The van der Waals surface area contributed by atoms with Crippen LogP contribution in [0.15, 0.2) is 29.2 Å². The lowest BCUT2D eigenvalue weighted by Gasteiger charge is -2.06. The van der Waals surface area contributed by atoms with Crippen molar-refractivity contribution in [2.24, 2.45) is 5.14 Å². The van der Waals surface area contributed by atoms with Gasteiger partial charge in [0, 0.05) is 16.8 Å². The summed E-state index contributed by atoms with van der Waals surface area (Å²) in [6.07, 6.45) is 0. The minimum absolute atomic E-state index is 0.0253. The van der Waals surface area contributed by atoms with Crippen LogP contribution < -0.4 is 16.2 Å². The third-order valence-corrected chi connectivity index (χ3v) is 6.35. The Morgan fingerprint density at radius 1 is 1.12 bits per heavy atom. The van der Waals surface area contributed by atoms with Crippen molar-refractivity contribution in [1.29, 1.82) is 0 Å². The number of pyridine rings is 1. The van der Waals surface area contributed by atoms with Crippen molar-refractivity contribution in [2.45, 2.75) is 25.7 Å². The summed E-state index contributed by atoms with van der Waals surface area (Å²) in [5, 5.41) is 8.58. The van der Waals surface area contributed by atoms with E-state index < -0.39 is 10.0 Å². The second kappa shape index (κ2) is 6.35. The van der Waals surface area contributed by atoms with Crippen molar-refractivity contribution in [3.63, 3.8) is 0 Å². The van der Waals surface area contributed by atoms with Gasteiger partial charge in [-0.2, -0.15) is 0 Å². The number of rotatable bonds is 3. The van der Waals surface area contributed by atoms with E-state index in [1.807, 2.05) is 20.8 Å². The molecule has 0 saturated carbocycles. The fourth-order valence-corrected chi connectivity index (χ4v) is 4.26. The van der Waals surface area contributed by atoms with Gasteiger partial charge in [-0.1, -0.05) is 0 Å². The number of thiophene rings is 1. The topological polar surface area (TPSA) is 128 Å². The third kappa shape index (κ3) is 3.16. The summed E-state index contributed by atoms with van der Waals surface area (Å²) in [5.74, 6) is -0.372. The van der Waals surface area contributed by atoms with Crippen LogP contribution in [0.25, 0.3) is 10.2 Å². The van der Waals surface area contributed by atoms with E-state index in [0.29, 0.717) is 16.3 Å². The first-order valence-electron chi connectivity index (χ1n) is 7.69. The van der Waals surface area contributed by atoms with Crippen LogP contribution in [0.4, 0.5) is 11.4 Å². The van der Waals surface area contributed by atoms with E-state index in [-0.39, 0.29) is 10.8 Å². The molecule has 7 nitrogen and oxygen atoms in total. The molecule has 0 aliphatic rings. The van der Waals surface area contributed by atoms with Gasteiger partial charge >= 0.3 is 0 Å². The van der Waals surface area contributed by atoms with E-state index in [1.165, 1.54) is 35.6 Å². The van der Waals surface area contributed by atoms with Gasteiger partial charge in [-0.05, 0) is 56.2 Å². The molecular formula is C17H18N4O3S2. The number of aryl methyl sites for hydroxylation is 2. The number of hydrogen-bond acceptors (Lipinski definition) is 6. The molecule has 26 heavy (non-hydrogen) atoms. The van der Waals surface area contributed by atoms with Crippen molar-refractivity contribution in [1.82, 2.24) is 4.98 Å². The maximum atomic E-state index is 12.6. The van der Waals surface area contributed by atoms with Crippen LogP contribution in [0.5, 0.6) is 0 Å². The summed E-state index contributed by atoms with van der Waals surface area (Å²) < 4.78 is 22.6. The van der Waals surface area contributed by atoms with Crippen LogP contribution in [-0.2, 0) is 10.0 Å². The standard InChI is InChI=1S/C17H18N4O3S2/c1-8-9(2)13-14(18)15(25-17(13)20-10(8)3)16(22)21-11-4-6-12(7-5-11)26(19,23)24/h4-7H,18H2,1-3H3,(H,21,22)(H2,19,23,24). The number of sulfonamides is 1. The number of nitrogen functional groups attached to an aromatic ring is 1. The van der Waals surface area contributed by atoms with Crippen LogP contribution in [0.3, 0.4) is 0 Å². The summed E-state index contributed by atoms with van der Waals surface area (Å²) in [6, 6.07) is 5.60. The second-order valence-corrected chi connectivity index (χ2v) is 8.56. The highest BCUT2D eigenvalue weighted by Crippen LogP contribution is 2.36. The lowest BCUT2D eigenvalue weighted by Crippen LogP contribution is -2.14. The molecule has 0 unspecified atom stereocenters. The van der Waals surface area contributed by atoms with Crippen molar-refractivity contribution in [3.8, 4) is 0 Å². The first-order chi connectivity index (χ1) is 12.1. The molecule has 9 heteroatoms. The van der Waals surface area contributed by atoms with Gasteiger partial charge in [-0.25, -0.2) is 18.5 Å². The highest BCUT2D eigenvalue weighted by Gasteiger charge is 2.20. The number of nitrogens with two attached hydrogens (primary N) is 2. The van der Waals surface area contributed by atoms with E-state index in [9.17, 15) is 13.2 Å². The zero-order valence-corrected chi connectivity index (χ0v) is 16.1. The molecule has 1 amide bonds. The molecule has 0 saturated heterocycles. The summed E-state index contributed by atoms with van der Waals surface area (Å²) in [7, 11) is -3.78. The predicted octanol–water partition coefficient (Wildman–Crippen LogP) is 2.70. The molecule has 0 aliphatic heterocycles. The number of primary sulfonamides is 1. The molecule has 5 N–H and O–H groups in total. The monoisotopic (exact) mass is 390 g/mol. The minimum atomic E-state index is -3.78. The van der Waals surface area contributed by atoms with Gasteiger partial charge < -0.3 is 11.1 Å². The molecule has 136 valence electrons. The highest BCUT2D eigenvalue weighted by molar-refractivity contribution is 7.89. The summed E-state index contributed by atoms with van der Waals surface area (Å²) >= 11 is 1.23. The fraction of sp³-hybridized carbons (Fsp3) is 0.176. The number of nitrogens with one attached hydrogen (secondary N) is 1. The van der Waals surface area contributed by atoms with E-state index in [1.54, 1.807) is 0 Å². The second-order valence-electron chi connectivity index (χ2n) is 6.00. The molecule has 0 spiro atoms. The van der Waals surface area contributed by atoms with Crippen molar-refractivity contribution < 1.29 is 13.2 Å². The van der Waals surface area contributed by atoms with Gasteiger partial charge in [-0.15, -0.1) is 11.3 Å². The van der Waals surface area contributed by atoms with Crippen LogP contribution in [0.2, 0.25) is 0 Å². The normalized spacial score (nSPS) is 11.7. The smallest absolute Gasteiger partial charge is 0.267 e. The number of benzene rings is 1. The molecule has 0 atom stereocenters. The van der Waals surface area contributed by atoms with Gasteiger partial charge in [0.15, 0.2) is 0 Å². The molecule has 0 bridgehead atoms. The molecule has 2 aromatic heterocycles. The van der Waals surface area contributed by atoms with Gasteiger partial charge in [0.05, 0.1) is 10.6 Å². The number of anilines is 2. The zero-order chi connectivity index (χ0) is 19.2. The quantitative estimate of drug-likeness (QED) is 0.633. The molecule has 2 heterocycles. The largest absolute Gasteiger partial charge is 0.397 e. The van der Waals surface area contributed by atoms with Gasteiger partial charge in [0.1, 0.15) is 9.71 Å². The molecular weight excluding hydrogens is 372 g/mol. The van der Waals surface area contributed by atoms with E-state index in [2.05, 4.69) is 10.3 Å². The first kappa shape index (κ1) is 18.3. The predicted molar refractivity (Wildman–Crippen MR) is 104 cm³/mol. The molecule has 0 aliphatic carbocycles. The maximum absolute atomic E-state index is 12.6. The lowest BCUT2D eigenvalue weighted by molar-refractivity contribution is 0.103. The Kier molecular flexibility index (Phi) is 4.47. The molecule has 3 rings (SSSR count). The number of hydrogen-bond donors (Lipinski definition) is 3. The van der Waals surface area contributed by atoms with E-state index in [0.717, 1.165) is 27.0 Å². The Labute approximate surface area is 155 Å². The summed E-state index contributed by atoms with van der Waals surface area (Å²) in [4.78, 5) is 18.2. The summed E-state index contributed by atoms with van der Waals surface area (Å²) in [6.45, 7) is 5.86. The first-order valence-corrected chi connectivity index (χ1v) is 10.1. The highest BCUT2D eigenvalue weighted by atomic mass is 32.2. The summed E-state index contributed by atoms with van der Waals surface area (Å²) in [5.41, 5.74) is 10.0. The SMILES string of the molecule is Cc1nc2sc(C(=O)Nc3ccc(S(N)(=O)=O)cc3)c(N)c2c(C)c1C. The molecule has 0 radical (unpaired) electrons. The fourth-order valence-electron chi connectivity index (χ4n) is 2.65. The Morgan fingerprint density at radius 2 is 1.73 bits per heavy atom. The Bertz CT molecular complexity index is 1130. The Hall–Kier alpha value is -2.49. The van der Waals surface area contributed by atoms with E-state index >= 15 is 0 Å². The van der Waals surface area contributed by atoms with E-state index in [4.69, 9.17) is 10.9 Å². The number of carbonyl (C=O) groups is 1. The Morgan fingerprint density at radius 3 is 2.31 bits per heavy atom. The van der Waals surface area contributed by atoms with Crippen LogP contribution in [0.1, 0.15) is 26.5 Å². The number of fused-ring (bicyclic) bond motifs is 1. The van der Waals surface area contributed by atoms with Crippen LogP contribution in [0, 0.1) is 20.8 Å². The van der Waals surface area contributed by atoms with Gasteiger partial charge in [0.2, 0.25) is 10.0 Å². The number of nitrogens with zero attached hydrogens (tertiary/aromatic N) is 1. The average Bonchev–Trinajstić information content (AvgIpc) is 2.89.